The summed E-state index contributed by atoms with van der Waals surface area (Å²) >= 11 is 0. The highest BCUT2D eigenvalue weighted by Gasteiger charge is 2.22. The lowest BCUT2D eigenvalue weighted by molar-refractivity contribution is -0.385. The maximum atomic E-state index is 11.4. The van der Waals surface area contributed by atoms with E-state index >= 15 is 0 Å². The first-order valence-electron chi connectivity index (χ1n) is 5.25. The van der Waals surface area contributed by atoms with Crippen molar-refractivity contribution in [2.75, 3.05) is 13.7 Å². The number of nitrogens with zero attached hydrogens (tertiary/aromatic N) is 1. The Balaban J connectivity index is 3.27. The van der Waals surface area contributed by atoms with Crippen LogP contribution >= 0.6 is 0 Å². The summed E-state index contributed by atoms with van der Waals surface area (Å²) in [5, 5.41) is 38.5. The number of hydrogen-bond acceptors (Lipinski definition) is 7. The normalized spacial score (nSPS) is 13.7. The molecule has 104 valence electrons. The molecule has 2 atom stereocenters. The van der Waals surface area contributed by atoms with Gasteiger partial charge in [0, 0.05) is 12.1 Å². The number of nitro groups is 1. The van der Waals surface area contributed by atoms with Gasteiger partial charge >= 0.3 is 5.97 Å². The molecule has 1 aromatic rings. The van der Waals surface area contributed by atoms with Crippen LogP contribution in [0.1, 0.15) is 22.0 Å². The summed E-state index contributed by atoms with van der Waals surface area (Å²) < 4.78 is 4.44. The van der Waals surface area contributed by atoms with Crippen LogP contribution in [0, 0.1) is 10.1 Å². The Hall–Kier alpha value is -2.03. The van der Waals surface area contributed by atoms with Crippen LogP contribution in [0.5, 0.6) is 0 Å². The number of aliphatic hydroxyl groups is 3. The number of nitro benzene ring substituents is 1. The molecule has 3 N–H and O–H groups in total. The number of non-ortho nitro benzene ring substituents is 1. The Morgan fingerprint density at radius 3 is 2.53 bits per heavy atom. The number of ether oxygens (including phenoxy) is 1. The topological polar surface area (TPSA) is 130 Å². The molecule has 0 saturated heterocycles. The molecule has 8 nitrogen and oxygen atoms in total. The summed E-state index contributed by atoms with van der Waals surface area (Å²) in [6.45, 7) is -0.725. The Bertz CT molecular complexity index is 488. The van der Waals surface area contributed by atoms with E-state index in [1.807, 2.05) is 0 Å². The number of carbonyl (C=O) groups is 1. The second-order valence-corrected chi connectivity index (χ2v) is 3.76. The molecule has 0 saturated carbocycles. The van der Waals surface area contributed by atoms with Gasteiger partial charge in [0.25, 0.3) is 5.69 Å². The van der Waals surface area contributed by atoms with E-state index in [4.69, 9.17) is 5.11 Å². The number of methoxy groups -OCH3 is 1. The first kappa shape index (κ1) is 15.0. The summed E-state index contributed by atoms with van der Waals surface area (Å²) in [6.07, 6.45) is -3.05. The van der Waals surface area contributed by atoms with E-state index in [1.165, 1.54) is 0 Å². The van der Waals surface area contributed by atoms with E-state index in [1.54, 1.807) is 0 Å². The highest BCUT2D eigenvalue weighted by Crippen LogP contribution is 2.24. The van der Waals surface area contributed by atoms with Gasteiger partial charge in [0.15, 0.2) is 0 Å². The summed E-state index contributed by atoms with van der Waals surface area (Å²) in [4.78, 5) is 21.4. The predicted molar refractivity (Wildman–Crippen MR) is 62.5 cm³/mol. The zero-order valence-corrected chi connectivity index (χ0v) is 10.0. The number of aliphatic hydroxyl groups excluding tert-OH is 3. The molecule has 0 aliphatic rings. The van der Waals surface area contributed by atoms with E-state index in [0.29, 0.717) is 0 Å². The fourth-order valence-electron chi connectivity index (χ4n) is 1.47. The van der Waals surface area contributed by atoms with Crippen LogP contribution in [0.2, 0.25) is 0 Å². The monoisotopic (exact) mass is 271 g/mol. The van der Waals surface area contributed by atoms with E-state index < -0.39 is 35.4 Å². The summed E-state index contributed by atoms with van der Waals surface area (Å²) in [7, 11) is 1.11. The molecule has 8 heteroatoms. The highest BCUT2D eigenvalue weighted by molar-refractivity contribution is 5.90. The lowest BCUT2D eigenvalue weighted by atomic mass is 10.0. The van der Waals surface area contributed by atoms with Crippen molar-refractivity contribution in [3.05, 3.63) is 39.4 Å². The molecule has 0 fully saturated rings. The summed E-state index contributed by atoms with van der Waals surface area (Å²) in [6, 6.07) is 3.16. The van der Waals surface area contributed by atoms with Gasteiger partial charge in [0.1, 0.15) is 12.2 Å². The van der Waals surface area contributed by atoms with Crippen molar-refractivity contribution in [2.24, 2.45) is 0 Å². The number of hydrogen-bond donors (Lipinski definition) is 3. The van der Waals surface area contributed by atoms with Gasteiger partial charge in [-0.1, -0.05) is 0 Å². The van der Waals surface area contributed by atoms with Gasteiger partial charge in [-0.25, -0.2) is 4.79 Å². The SMILES string of the molecule is COC(=O)c1cc(C(O)C(O)CO)cc([N+](=O)[O-])c1. The first-order valence-corrected chi connectivity index (χ1v) is 5.25. The standard InChI is InChI=1S/C11H13NO7/c1-19-11(16)7-2-6(10(15)9(14)5-13)3-8(4-7)12(17)18/h2-4,9-10,13-15H,5H2,1H3. The molecule has 0 aromatic heterocycles. The van der Waals surface area contributed by atoms with Gasteiger partial charge < -0.3 is 20.1 Å². The smallest absolute Gasteiger partial charge is 0.338 e. The van der Waals surface area contributed by atoms with E-state index in [0.717, 1.165) is 25.3 Å². The van der Waals surface area contributed by atoms with Gasteiger partial charge in [-0.05, 0) is 11.6 Å². The zero-order valence-electron chi connectivity index (χ0n) is 10.0. The zero-order chi connectivity index (χ0) is 14.6. The fraction of sp³-hybridized carbons (Fsp3) is 0.364. The van der Waals surface area contributed by atoms with Crippen molar-refractivity contribution in [3.63, 3.8) is 0 Å². The molecule has 2 unspecified atom stereocenters. The lowest BCUT2D eigenvalue weighted by Crippen LogP contribution is -2.22. The van der Waals surface area contributed by atoms with Crippen LogP contribution in [0.4, 0.5) is 5.69 Å². The van der Waals surface area contributed by atoms with E-state index in [-0.39, 0.29) is 11.1 Å². The van der Waals surface area contributed by atoms with Crippen molar-refractivity contribution in [1.82, 2.24) is 0 Å². The quantitative estimate of drug-likeness (QED) is 0.383. The van der Waals surface area contributed by atoms with Crippen LogP contribution < -0.4 is 0 Å². The van der Waals surface area contributed by atoms with Gasteiger partial charge in [-0.2, -0.15) is 0 Å². The summed E-state index contributed by atoms with van der Waals surface area (Å²) in [5.41, 5.74) is -0.617. The minimum atomic E-state index is -1.55. The summed E-state index contributed by atoms with van der Waals surface area (Å²) in [5.74, 6) is -0.810. The van der Waals surface area contributed by atoms with E-state index in [2.05, 4.69) is 4.74 Å². The molecule has 0 bridgehead atoms. The second kappa shape index (κ2) is 6.23. The third-order valence-corrected chi connectivity index (χ3v) is 2.47. The van der Waals surface area contributed by atoms with Crippen LogP contribution in [0.3, 0.4) is 0 Å². The first-order chi connectivity index (χ1) is 8.90. The molecule has 1 aromatic carbocycles. The van der Waals surface area contributed by atoms with Gasteiger partial charge in [-0.15, -0.1) is 0 Å². The van der Waals surface area contributed by atoms with Crippen molar-refractivity contribution < 1.29 is 29.8 Å². The molecular weight excluding hydrogens is 258 g/mol. The van der Waals surface area contributed by atoms with Crippen LogP contribution in [0.15, 0.2) is 18.2 Å². The molecule has 0 radical (unpaired) electrons. The maximum Gasteiger partial charge on any atom is 0.338 e. The Labute approximate surface area is 108 Å². The van der Waals surface area contributed by atoms with Crippen molar-refractivity contribution in [1.29, 1.82) is 0 Å². The molecule has 0 amide bonds. The molecule has 0 spiro atoms. The number of benzene rings is 1. The van der Waals surface area contributed by atoms with Crippen molar-refractivity contribution >= 4 is 11.7 Å². The molecular formula is C11H13NO7. The van der Waals surface area contributed by atoms with Crippen LogP contribution in [-0.2, 0) is 4.74 Å². The average Bonchev–Trinajstić information content (AvgIpc) is 2.43. The molecule has 19 heavy (non-hydrogen) atoms. The Morgan fingerprint density at radius 2 is 2.05 bits per heavy atom. The third-order valence-electron chi connectivity index (χ3n) is 2.47. The molecule has 0 aliphatic carbocycles. The Morgan fingerprint density at radius 1 is 1.42 bits per heavy atom. The average molecular weight is 271 g/mol. The van der Waals surface area contributed by atoms with Crippen LogP contribution in [-0.4, -0.2) is 46.0 Å². The third kappa shape index (κ3) is 3.47. The van der Waals surface area contributed by atoms with Crippen LogP contribution in [0.25, 0.3) is 0 Å². The van der Waals surface area contributed by atoms with Crippen molar-refractivity contribution in [3.8, 4) is 0 Å². The molecule has 0 aliphatic heterocycles. The lowest BCUT2D eigenvalue weighted by Gasteiger charge is -2.16. The van der Waals surface area contributed by atoms with Gasteiger partial charge in [-0.3, -0.25) is 10.1 Å². The van der Waals surface area contributed by atoms with Gasteiger partial charge in [0.2, 0.25) is 0 Å². The fourth-order valence-corrected chi connectivity index (χ4v) is 1.47. The van der Waals surface area contributed by atoms with Gasteiger partial charge in [0.05, 0.1) is 24.2 Å². The predicted octanol–water partition coefficient (Wildman–Crippen LogP) is -0.232. The number of rotatable bonds is 5. The second-order valence-electron chi connectivity index (χ2n) is 3.76. The molecule has 0 heterocycles. The van der Waals surface area contributed by atoms with E-state index in [9.17, 15) is 25.1 Å². The minimum absolute atomic E-state index is 0.0591. The largest absolute Gasteiger partial charge is 0.465 e. The minimum Gasteiger partial charge on any atom is -0.465 e. The number of esters is 1. The Kier molecular flexibility index (Phi) is 4.93. The molecule has 1 rings (SSSR count). The highest BCUT2D eigenvalue weighted by atomic mass is 16.6. The van der Waals surface area contributed by atoms with Crippen molar-refractivity contribution in [2.45, 2.75) is 12.2 Å². The number of carbonyl (C=O) groups excluding carboxylic acids is 1. The maximum absolute atomic E-state index is 11.4.